The molecule has 1 aliphatic rings. The molecular formula is C23H22Cl2N8O. The summed E-state index contributed by atoms with van der Waals surface area (Å²) in [4.78, 5) is 30.6. The lowest BCUT2D eigenvalue weighted by atomic mass is 9.83. The fourth-order valence-corrected chi connectivity index (χ4v) is 4.81. The van der Waals surface area contributed by atoms with Crippen molar-refractivity contribution in [1.82, 2.24) is 29.4 Å². The molecule has 11 heteroatoms. The lowest BCUT2D eigenvalue weighted by Crippen LogP contribution is -2.43. The minimum atomic E-state index is -0.612. The first-order valence-electron chi connectivity index (χ1n) is 10.7. The van der Waals surface area contributed by atoms with E-state index in [-0.39, 0.29) is 32.5 Å². The maximum atomic E-state index is 12.8. The van der Waals surface area contributed by atoms with Crippen molar-refractivity contribution in [3.63, 3.8) is 0 Å². The highest BCUT2D eigenvalue weighted by Gasteiger charge is 2.31. The van der Waals surface area contributed by atoms with E-state index < -0.39 is 5.69 Å². The summed E-state index contributed by atoms with van der Waals surface area (Å²) < 4.78 is 1.05. The Hall–Kier alpha value is -3.27. The molecule has 0 bridgehead atoms. The first-order valence-corrected chi connectivity index (χ1v) is 11.4. The highest BCUT2D eigenvalue weighted by atomic mass is 35.5. The van der Waals surface area contributed by atoms with Gasteiger partial charge in [0.2, 0.25) is 5.95 Å². The molecule has 4 aromatic rings. The molecular weight excluding hydrogens is 475 g/mol. The van der Waals surface area contributed by atoms with Gasteiger partial charge in [0, 0.05) is 30.2 Å². The number of H-pyrrole nitrogens is 1. The van der Waals surface area contributed by atoms with E-state index in [0.717, 1.165) is 23.2 Å². The van der Waals surface area contributed by atoms with Crippen molar-refractivity contribution in [2.24, 2.45) is 0 Å². The zero-order valence-corrected chi connectivity index (χ0v) is 20.3. The Kier molecular flexibility index (Phi) is 5.43. The van der Waals surface area contributed by atoms with Crippen molar-refractivity contribution in [3.8, 4) is 5.69 Å². The number of nitrogens with zero attached hydrogens (tertiary/aromatic N) is 5. The van der Waals surface area contributed by atoms with Gasteiger partial charge >= 0.3 is 5.69 Å². The number of aromatic nitrogens is 5. The second-order valence-electron chi connectivity index (χ2n) is 8.73. The lowest BCUT2D eigenvalue weighted by Gasteiger charge is -2.41. The van der Waals surface area contributed by atoms with E-state index in [4.69, 9.17) is 28.6 Å². The average Bonchev–Trinajstić information content (AvgIpc) is 2.78. The fourth-order valence-electron chi connectivity index (χ4n) is 4.29. The van der Waals surface area contributed by atoms with Crippen LogP contribution in [0, 0.1) is 5.41 Å². The van der Waals surface area contributed by atoms with Crippen LogP contribution in [0.15, 0.2) is 41.5 Å². The van der Waals surface area contributed by atoms with Crippen molar-refractivity contribution in [2.45, 2.75) is 25.8 Å². The number of hydrogen-bond acceptors (Lipinski definition) is 7. The number of anilines is 2. The summed E-state index contributed by atoms with van der Waals surface area (Å²) in [6, 6.07) is 7.74. The van der Waals surface area contributed by atoms with Gasteiger partial charge in [0.05, 0.1) is 10.4 Å². The molecule has 0 atom stereocenters. The van der Waals surface area contributed by atoms with Crippen molar-refractivity contribution < 1.29 is 0 Å². The minimum Gasteiger partial charge on any atom is -0.324 e. The number of aromatic amines is 1. The molecule has 9 nitrogen and oxygen atoms in total. The quantitative estimate of drug-likeness (QED) is 0.372. The third-order valence-electron chi connectivity index (χ3n) is 6.44. The molecule has 5 rings (SSSR count). The highest BCUT2D eigenvalue weighted by Crippen LogP contribution is 2.35. The van der Waals surface area contributed by atoms with Crippen LogP contribution in [0.4, 0.5) is 11.6 Å². The summed E-state index contributed by atoms with van der Waals surface area (Å²) in [6.07, 6.45) is 3.86. The van der Waals surface area contributed by atoms with Gasteiger partial charge in [0.15, 0.2) is 10.8 Å². The van der Waals surface area contributed by atoms with Crippen LogP contribution in [0.3, 0.4) is 0 Å². The summed E-state index contributed by atoms with van der Waals surface area (Å²) >= 11 is 12.4. The van der Waals surface area contributed by atoms with Gasteiger partial charge in [0.1, 0.15) is 11.2 Å². The summed E-state index contributed by atoms with van der Waals surface area (Å²) in [5.74, 6) is 0.310. The number of hydrogen-bond donors (Lipinski definition) is 3. The molecule has 3 N–H and O–H groups in total. The van der Waals surface area contributed by atoms with Crippen LogP contribution in [0.25, 0.3) is 16.7 Å². The van der Waals surface area contributed by atoms with Gasteiger partial charge in [0.25, 0.3) is 0 Å². The molecule has 0 saturated heterocycles. The van der Waals surface area contributed by atoms with Crippen LogP contribution >= 0.6 is 23.2 Å². The Morgan fingerprint density at radius 2 is 2.00 bits per heavy atom. The van der Waals surface area contributed by atoms with E-state index in [1.807, 2.05) is 6.07 Å². The molecule has 3 aromatic heterocycles. The largest absolute Gasteiger partial charge is 0.333 e. The topological polar surface area (TPSA) is 116 Å². The molecule has 4 heterocycles. The second kappa shape index (κ2) is 8.19. The summed E-state index contributed by atoms with van der Waals surface area (Å²) in [7, 11) is 2.14. The van der Waals surface area contributed by atoms with E-state index in [1.165, 1.54) is 29.6 Å². The van der Waals surface area contributed by atoms with E-state index in [0.29, 0.717) is 11.3 Å². The van der Waals surface area contributed by atoms with Crippen LogP contribution in [-0.4, -0.2) is 43.0 Å². The average molecular weight is 497 g/mol. The Morgan fingerprint density at radius 3 is 2.76 bits per heavy atom. The Bertz CT molecular complexity index is 1540. The van der Waals surface area contributed by atoms with Gasteiger partial charge in [-0.3, -0.25) is 15.3 Å². The molecule has 174 valence electrons. The van der Waals surface area contributed by atoms with Crippen molar-refractivity contribution in [2.75, 3.05) is 18.9 Å². The number of fused-ring (bicyclic) bond motifs is 2. The molecule has 0 aliphatic carbocycles. The number of nitrogens with one attached hydrogen (secondary N) is 3. The fraction of sp³-hybridized carbons (Fsp3) is 0.261. The predicted octanol–water partition coefficient (Wildman–Crippen LogP) is 3.76. The molecule has 0 spiro atoms. The normalized spacial score (nSPS) is 15.3. The zero-order valence-electron chi connectivity index (χ0n) is 18.8. The third-order valence-corrected chi connectivity index (χ3v) is 7.02. The Labute approximate surface area is 204 Å². The smallest absolute Gasteiger partial charge is 0.324 e. The van der Waals surface area contributed by atoms with Gasteiger partial charge in [-0.2, -0.15) is 4.98 Å². The first-order chi connectivity index (χ1) is 16.2. The highest BCUT2D eigenvalue weighted by molar-refractivity contribution is 6.37. The SMILES string of the molecule is CN1CCc2cc(Nc3ncc4c(=N)n(-c5c(Cl)ccnc5Cl)c(=O)[nH]c4n3)ccc2C1(C)C. The maximum Gasteiger partial charge on any atom is 0.333 e. The number of benzene rings is 1. The molecule has 1 aromatic carbocycles. The molecule has 0 fully saturated rings. The van der Waals surface area contributed by atoms with Crippen LogP contribution < -0.4 is 16.5 Å². The van der Waals surface area contributed by atoms with Crippen LogP contribution in [-0.2, 0) is 12.0 Å². The molecule has 0 unspecified atom stereocenters. The van der Waals surface area contributed by atoms with Crippen molar-refractivity contribution >= 4 is 45.9 Å². The van der Waals surface area contributed by atoms with E-state index >= 15 is 0 Å². The molecule has 0 radical (unpaired) electrons. The number of likely N-dealkylation sites (N-methyl/N-ethyl adjacent to an activating group) is 1. The Balaban J connectivity index is 1.53. The molecule has 0 amide bonds. The van der Waals surface area contributed by atoms with E-state index in [9.17, 15) is 4.79 Å². The van der Waals surface area contributed by atoms with E-state index in [2.05, 4.69) is 63.2 Å². The second-order valence-corrected chi connectivity index (χ2v) is 9.49. The third kappa shape index (κ3) is 3.66. The lowest BCUT2D eigenvalue weighted by molar-refractivity contribution is 0.143. The van der Waals surface area contributed by atoms with Gasteiger partial charge in [-0.25, -0.2) is 19.3 Å². The molecule has 34 heavy (non-hydrogen) atoms. The van der Waals surface area contributed by atoms with Crippen LogP contribution in [0.2, 0.25) is 10.2 Å². The standard InChI is InChI=1S/C23H22Cl2N8O/c1-23(2)15-5-4-13(10-12(15)7-9-32(23)3)29-21-28-11-14-19(26)33(22(34)31-20(14)30-21)17-16(24)6-8-27-18(17)25/h4-6,8,10-11,26H,7,9H2,1-3H3,(H2,28,29,30,31,34). The summed E-state index contributed by atoms with van der Waals surface area (Å²) in [5, 5.41) is 12.3. The van der Waals surface area contributed by atoms with Gasteiger partial charge in [-0.1, -0.05) is 29.3 Å². The summed E-state index contributed by atoms with van der Waals surface area (Å²) in [5.41, 5.74) is 2.98. The zero-order chi connectivity index (χ0) is 24.2. The number of halogens is 2. The summed E-state index contributed by atoms with van der Waals surface area (Å²) in [6.45, 7) is 5.42. The molecule has 1 aliphatic heterocycles. The van der Waals surface area contributed by atoms with Gasteiger partial charge in [-0.15, -0.1) is 0 Å². The van der Waals surface area contributed by atoms with Crippen LogP contribution in [0.5, 0.6) is 0 Å². The van der Waals surface area contributed by atoms with E-state index in [1.54, 1.807) is 0 Å². The van der Waals surface area contributed by atoms with Crippen LogP contribution in [0.1, 0.15) is 25.0 Å². The van der Waals surface area contributed by atoms with Crippen molar-refractivity contribution in [3.05, 3.63) is 73.9 Å². The monoisotopic (exact) mass is 496 g/mol. The number of rotatable bonds is 3. The van der Waals surface area contributed by atoms with Crippen molar-refractivity contribution in [1.29, 1.82) is 5.41 Å². The maximum absolute atomic E-state index is 12.8. The Morgan fingerprint density at radius 1 is 1.21 bits per heavy atom. The van der Waals surface area contributed by atoms with Gasteiger partial charge < -0.3 is 5.32 Å². The van der Waals surface area contributed by atoms with Gasteiger partial charge in [-0.05, 0) is 56.6 Å². The number of pyridine rings is 1. The first kappa shape index (κ1) is 22.5. The predicted molar refractivity (Wildman–Crippen MR) is 132 cm³/mol. The minimum absolute atomic E-state index is 0.0110. The molecule has 0 saturated carbocycles.